The minimum atomic E-state index is -0.448. The van der Waals surface area contributed by atoms with Crippen LogP contribution < -0.4 is 10.5 Å². The van der Waals surface area contributed by atoms with Gasteiger partial charge in [-0.05, 0) is 25.5 Å². The van der Waals surface area contributed by atoms with Crippen LogP contribution in [0, 0.1) is 0 Å². The van der Waals surface area contributed by atoms with Gasteiger partial charge >= 0.3 is 5.97 Å². The summed E-state index contributed by atoms with van der Waals surface area (Å²) >= 11 is 0. The Bertz CT molecular complexity index is 390. The Balaban J connectivity index is 2.90. The molecule has 4 nitrogen and oxygen atoms in total. The van der Waals surface area contributed by atoms with Crippen LogP contribution >= 0.6 is 0 Å². The summed E-state index contributed by atoms with van der Waals surface area (Å²) in [5.74, 6) is 0.0879. The van der Waals surface area contributed by atoms with Crippen LogP contribution in [0.5, 0.6) is 5.75 Å². The zero-order chi connectivity index (χ0) is 12.8. The van der Waals surface area contributed by atoms with Gasteiger partial charge in [-0.15, -0.1) is 0 Å². The minimum Gasteiger partial charge on any atom is -0.489 e. The molecular formula is C13H19NO3. The molecule has 0 heterocycles. The first kappa shape index (κ1) is 13.4. The van der Waals surface area contributed by atoms with E-state index in [1.54, 1.807) is 18.2 Å². The molecule has 94 valence electrons. The molecule has 1 rings (SSSR count). The molecule has 17 heavy (non-hydrogen) atoms. The number of carbonyl (C=O) groups is 1. The van der Waals surface area contributed by atoms with Crippen molar-refractivity contribution in [2.45, 2.75) is 32.8 Å². The van der Waals surface area contributed by atoms with Crippen molar-refractivity contribution in [3.8, 4) is 5.75 Å². The van der Waals surface area contributed by atoms with E-state index in [1.165, 1.54) is 7.11 Å². The largest absolute Gasteiger partial charge is 0.489 e. The summed E-state index contributed by atoms with van der Waals surface area (Å²) in [6.45, 7) is 4.07. The molecule has 0 saturated heterocycles. The normalized spacial score (nSPS) is 11.9. The summed E-state index contributed by atoms with van der Waals surface area (Å²) in [7, 11) is 1.33. The highest BCUT2D eigenvalue weighted by Gasteiger charge is 2.14. The molecule has 0 fully saturated rings. The third kappa shape index (κ3) is 3.37. The van der Waals surface area contributed by atoms with Gasteiger partial charge in [0.2, 0.25) is 0 Å². The predicted octanol–water partition coefficient (Wildman–Crippen LogP) is 2.62. The van der Waals surface area contributed by atoms with Crippen molar-refractivity contribution in [1.29, 1.82) is 0 Å². The molecule has 4 heteroatoms. The molecule has 1 aromatic rings. The van der Waals surface area contributed by atoms with Crippen LogP contribution in [0.1, 0.15) is 37.0 Å². The van der Waals surface area contributed by atoms with E-state index in [4.69, 9.17) is 10.5 Å². The van der Waals surface area contributed by atoms with Crippen molar-refractivity contribution in [1.82, 2.24) is 0 Å². The molecule has 1 aromatic carbocycles. The van der Waals surface area contributed by atoms with Crippen molar-refractivity contribution in [3.63, 3.8) is 0 Å². The van der Waals surface area contributed by atoms with Crippen LogP contribution in [0.2, 0.25) is 0 Å². The average molecular weight is 237 g/mol. The Morgan fingerprint density at radius 3 is 2.76 bits per heavy atom. The molecule has 0 saturated carbocycles. The molecule has 0 aliphatic heterocycles. The quantitative estimate of drug-likeness (QED) is 0.631. The Morgan fingerprint density at radius 2 is 2.18 bits per heavy atom. The van der Waals surface area contributed by atoms with Gasteiger partial charge in [-0.3, -0.25) is 0 Å². The molecule has 0 amide bonds. The summed E-state index contributed by atoms with van der Waals surface area (Å²) in [6, 6.07) is 5.11. The monoisotopic (exact) mass is 237 g/mol. The topological polar surface area (TPSA) is 61.5 Å². The first-order chi connectivity index (χ1) is 8.10. The van der Waals surface area contributed by atoms with Gasteiger partial charge in [0.25, 0.3) is 0 Å². The van der Waals surface area contributed by atoms with Crippen molar-refractivity contribution in [3.05, 3.63) is 23.8 Å². The van der Waals surface area contributed by atoms with Crippen LogP contribution in [-0.2, 0) is 4.74 Å². The third-order valence-corrected chi connectivity index (χ3v) is 2.49. The molecule has 0 aliphatic carbocycles. The number of nitrogen functional groups attached to an aromatic ring is 1. The van der Waals surface area contributed by atoms with Crippen molar-refractivity contribution < 1.29 is 14.3 Å². The smallest absolute Gasteiger partial charge is 0.340 e. The van der Waals surface area contributed by atoms with Crippen molar-refractivity contribution in [2.75, 3.05) is 12.8 Å². The van der Waals surface area contributed by atoms with Gasteiger partial charge in [-0.2, -0.15) is 0 Å². The number of hydrogen-bond acceptors (Lipinski definition) is 4. The average Bonchev–Trinajstić information content (AvgIpc) is 2.31. The lowest BCUT2D eigenvalue weighted by atomic mass is 10.1. The van der Waals surface area contributed by atoms with Gasteiger partial charge in [0.1, 0.15) is 5.75 Å². The molecule has 1 atom stereocenters. The number of benzene rings is 1. The van der Waals surface area contributed by atoms with E-state index < -0.39 is 5.97 Å². The number of ether oxygens (including phenoxy) is 2. The summed E-state index contributed by atoms with van der Waals surface area (Å²) < 4.78 is 10.3. The lowest BCUT2D eigenvalue weighted by molar-refractivity contribution is 0.0601. The van der Waals surface area contributed by atoms with Crippen molar-refractivity contribution in [2.24, 2.45) is 0 Å². The Kier molecular flexibility index (Phi) is 4.82. The molecule has 2 N–H and O–H groups in total. The van der Waals surface area contributed by atoms with Gasteiger partial charge in [0, 0.05) is 0 Å². The van der Waals surface area contributed by atoms with Gasteiger partial charge in [0.15, 0.2) is 0 Å². The number of anilines is 1. The van der Waals surface area contributed by atoms with Crippen molar-refractivity contribution >= 4 is 11.7 Å². The second-order valence-electron chi connectivity index (χ2n) is 3.93. The fourth-order valence-corrected chi connectivity index (χ4v) is 1.62. The molecule has 0 aromatic heterocycles. The number of carbonyl (C=O) groups excluding carboxylic acids is 1. The molecule has 1 unspecified atom stereocenters. The summed E-state index contributed by atoms with van der Waals surface area (Å²) in [6.07, 6.45) is 2.06. The number of methoxy groups -OCH3 is 1. The SMILES string of the molecule is CCCC(C)Oc1cccc(C(=O)OC)c1N. The highest BCUT2D eigenvalue weighted by atomic mass is 16.5. The van der Waals surface area contributed by atoms with Crippen LogP contribution in [0.4, 0.5) is 5.69 Å². The van der Waals surface area contributed by atoms with E-state index in [-0.39, 0.29) is 6.10 Å². The number of hydrogen-bond donors (Lipinski definition) is 1. The first-order valence-electron chi connectivity index (χ1n) is 5.73. The molecule has 0 aliphatic rings. The maximum atomic E-state index is 11.4. The summed E-state index contributed by atoms with van der Waals surface area (Å²) in [4.78, 5) is 11.4. The van der Waals surface area contributed by atoms with E-state index in [0.717, 1.165) is 12.8 Å². The second-order valence-corrected chi connectivity index (χ2v) is 3.93. The number of para-hydroxylation sites is 1. The van der Waals surface area contributed by atoms with Crippen LogP contribution in [0.15, 0.2) is 18.2 Å². The highest BCUT2D eigenvalue weighted by Crippen LogP contribution is 2.27. The summed E-state index contributed by atoms with van der Waals surface area (Å²) in [5, 5.41) is 0. The van der Waals surface area contributed by atoms with Gasteiger partial charge in [0.05, 0.1) is 24.5 Å². The lowest BCUT2D eigenvalue weighted by Gasteiger charge is -2.16. The zero-order valence-electron chi connectivity index (χ0n) is 10.5. The third-order valence-electron chi connectivity index (χ3n) is 2.49. The highest BCUT2D eigenvalue weighted by molar-refractivity contribution is 5.96. The van der Waals surface area contributed by atoms with E-state index in [0.29, 0.717) is 17.0 Å². The Labute approximate surface area is 102 Å². The number of esters is 1. The zero-order valence-corrected chi connectivity index (χ0v) is 10.5. The van der Waals surface area contributed by atoms with Gasteiger partial charge in [-0.1, -0.05) is 19.4 Å². The lowest BCUT2D eigenvalue weighted by Crippen LogP contribution is -2.14. The van der Waals surface area contributed by atoms with Gasteiger partial charge in [-0.25, -0.2) is 4.79 Å². The fourth-order valence-electron chi connectivity index (χ4n) is 1.62. The van der Waals surface area contributed by atoms with Crippen LogP contribution in [0.25, 0.3) is 0 Å². The van der Waals surface area contributed by atoms with E-state index in [1.807, 2.05) is 6.92 Å². The standard InChI is InChI=1S/C13H19NO3/c1-4-6-9(2)17-11-8-5-7-10(12(11)14)13(15)16-3/h5,7-9H,4,6,14H2,1-3H3. The molecular weight excluding hydrogens is 218 g/mol. The van der Waals surface area contributed by atoms with Crippen LogP contribution in [0.3, 0.4) is 0 Å². The number of nitrogens with two attached hydrogens (primary N) is 1. The minimum absolute atomic E-state index is 0.0789. The van der Waals surface area contributed by atoms with E-state index in [9.17, 15) is 4.79 Å². The molecule has 0 radical (unpaired) electrons. The predicted molar refractivity (Wildman–Crippen MR) is 67.2 cm³/mol. The molecule has 0 bridgehead atoms. The molecule has 0 spiro atoms. The van der Waals surface area contributed by atoms with E-state index >= 15 is 0 Å². The Hall–Kier alpha value is -1.71. The maximum absolute atomic E-state index is 11.4. The summed E-state index contributed by atoms with van der Waals surface area (Å²) in [5.41, 5.74) is 6.56. The fraction of sp³-hybridized carbons (Fsp3) is 0.462. The maximum Gasteiger partial charge on any atom is 0.340 e. The van der Waals surface area contributed by atoms with Crippen LogP contribution in [-0.4, -0.2) is 19.2 Å². The van der Waals surface area contributed by atoms with E-state index in [2.05, 4.69) is 11.7 Å². The first-order valence-corrected chi connectivity index (χ1v) is 5.73. The number of rotatable bonds is 5. The second kappa shape index (κ2) is 6.13. The Morgan fingerprint density at radius 1 is 1.47 bits per heavy atom. The van der Waals surface area contributed by atoms with Gasteiger partial charge < -0.3 is 15.2 Å².